The fourth-order valence-electron chi connectivity index (χ4n) is 3.21. The highest BCUT2D eigenvalue weighted by molar-refractivity contribution is 7.08. The quantitative estimate of drug-likeness (QED) is 0.718. The number of rotatable bonds is 5. The van der Waals surface area contributed by atoms with Gasteiger partial charge in [-0.25, -0.2) is 4.98 Å². The molecule has 1 atom stereocenters. The minimum atomic E-state index is 0.524. The molecule has 3 aromatic heterocycles. The summed E-state index contributed by atoms with van der Waals surface area (Å²) in [6, 6.07) is 4.56. The van der Waals surface area contributed by atoms with Crippen LogP contribution in [0.25, 0.3) is 11.5 Å². The summed E-state index contributed by atoms with van der Waals surface area (Å²) in [5, 5.41) is 8.46. The van der Waals surface area contributed by atoms with Crippen molar-refractivity contribution in [1.82, 2.24) is 19.7 Å². The second-order valence-corrected chi connectivity index (χ2v) is 6.81. The van der Waals surface area contributed by atoms with Gasteiger partial charge < -0.3 is 4.42 Å². The molecule has 4 rings (SSSR count). The molecule has 6 heteroatoms. The second kappa shape index (κ2) is 6.29. The van der Waals surface area contributed by atoms with Gasteiger partial charge in [-0.1, -0.05) is 0 Å². The number of oxazole rings is 1. The van der Waals surface area contributed by atoms with Gasteiger partial charge in [0.2, 0.25) is 5.89 Å². The zero-order valence-electron chi connectivity index (χ0n) is 13.2. The maximum Gasteiger partial charge on any atom is 0.227 e. The van der Waals surface area contributed by atoms with Crippen molar-refractivity contribution in [2.45, 2.75) is 38.9 Å². The van der Waals surface area contributed by atoms with Gasteiger partial charge in [0.05, 0.1) is 12.2 Å². The van der Waals surface area contributed by atoms with Crippen molar-refractivity contribution in [2.24, 2.45) is 0 Å². The number of likely N-dealkylation sites (tertiary alicyclic amines) is 1. The SMILES string of the molecule is Cc1oc(-c2ccsc2)nc1CN1CCC[C@H]1Cn1cccn1. The fourth-order valence-corrected chi connectivity index (χ4v) is 3.84. The minimum Gasteiger partial charge on any atom is -0.441 e. The van der Waals surface area contributed by atoms with Gasteiger partial charge in [0.15, 0.2) is 0 Å². The van der Waals surface area contributed by atoms with E-state index in [-0.39, 0.29) is 0 Å². The van der Waals surface area contributed by atoms with Crippen LogP contribution in [-0.4, -0.2) is 32.3 Å². The Kier molecular flexibility index (Phi) is 4.01. The lowest BCUT2D eigenvalue weighted by molar-refractivity contribution is 0.216. The number of thiophene rings is 1. The molecule has 1 fully saturated rings. The van der Waals surface area contributed by atoms with Crippen molar-refractivity contribution in [3.05, 3.63) is 46.7 Å². The lowest BCUT2D eigenvalue weighted by Gasteiger charge is -2.23. The molecular formula is C17H20N4OS. The lowest BCUT2D eigenvalue weighted by atomic mass is 10.2. The third kappa shape index (κ3) is 3.09. The molecule has 1 aliphatic heterocycles. The summed E-state index contributed by atoms with van der Waals surface area (Å²) in [7, 11) is 0. The van der Waals surface area contributed by atoms with Crippen LogP contribution in [0.15, 0.2) is 39.7 Å². The first-order chi connectivity index (χ1) is 11.3. The largest absolute Gasteiger partial charge is 0.441 e. The summed E-state index contributed by atoms with van der Waals surface area (Å²) in [6.45, 7) is 4.93. The van der Waals surface area contributed by atoms with E-state index in [9.17, 15) is 0 Å². The molecule has 0 spiro atoms. The Morgan fingerprint density at radius 1 is 1.43 bits per heavy atom. The molecule has 0 aromatic carbocycles. The Labute approximate surface area is 139 Å². The Hall–Kier alpha value is -1.92. The predicted molar refractivity (Wildman–Crippen MR) is 90.2 cm³/mol. The van der Waals surface area contributed by atoms with E-state index >= 15 is 0 Å². The topological polar surface area (TPSA) is 47.1 Å². The summed E-state index contributed by atoms with van der Waals surface area (Å²) < 4.78 is 7.89. The fraction of sp³-hybridized carbons (Fsp3) is 0.412. The smallest absolute Gasteiger partial charge is 0.227 e. The number of aryl methyl sites for hydroxylation is 1. The second-order valence-electron chi connectivity index (χ2n) is 6.03. The van der Waals surface area contributed by atoms with Gasteiger partial charge in [-0.05, 0) is 43.8 Å². The van der Waals surface area contributed by atoms with Crippen molar-refractivity contribution in [3.8, 4) is 11.5 Å². The normalized spacial score (nSPS) is 18.7. The van der Waals surface area contributed by atoms with Crippen LogP contribution in [0.1, 0.15) is 24.3 Å². The average Bonchev–Trinajstić information content (AvgIpc) is 3.31. The van der Waals surface area contributed by atoms with Gasteiger partial charge in [0.1, 0.15) is 5.76 Å². The monoisotopic (exact) mass is 328 g/mol. The lowest BCUT2D eigenvalue weighted by Crippen LogP contribution is -2.33. The Balaban J connectivity index is 1.48. The van der Waals surface area contributed by atoms with Crippen LogP contribution in [0, 0.1) is 6.92 Å². The van der Waals surface area contributed by atoms with E-state index < -0.39 is 0 Å². The molecule has 1 aliphatic rings. The van der Waals surface area contributed by atoms with Crippen molar-refractivity contribution in [1.29, 1.82) is 0 Å². The zero-order chi connectivity index (χ0) is 15.6. The minimum absolute atomic E-state index is 0.524. The molecule has 0 aliphatic carbocycles. The molecule has 4 heterocycles. The molecule has 23 heavy (non-hydrogen) atoms. The molecule has 0 N–H and O–H groups in total. The van der Waals surface area contributed by atoms with E-state index in [0.717, 1.165) is 42.5 Å². The van der Waals surface area contributed by atoms with Gasteiger partial charge in [0, 0.05) is 35.9 Å². The molecule has 0 amide bonds. The standard InChI is InChI=1S/C17H20N4OS/c1-13-16(19-17(22-13)14-5-9-23-12-14)11-20-7-2-4-15(20)10-21-8-3-6-18-21/h3,5-6,8-9,12,15H,2,4,7,10-11H2,1H3/t15-/m0/s1. The highest BCUT2D eigenvalue weighted by Gasteiger charge is 2.26. The third-order valence-corrected chi connectivity index (χ3v) is 5.15. The van der Waals surface area contributed by atoms with Gasteiger partial charge in [-0.3, -0.25) is 9.58 Å². The average molecular weight is 328 g/mol. The molecular weight excluding hydrogens is 308 g/mol. The third-order valence-electron chi connectivity index (χ3n) is 4.47. The van der Waals surface area contributed by atoms with Crippen molar-refractivity contribution in [3.63, 3.8) is 0 Å². The highest BCUT2D eigenvalue weighted by Crippen LogP contribution is 2.27. The van der Waals surface area contributed by atoms with Crippen LogP contribution < -0.4 is 0 Å². The molecule has 1 saturated heterocycles. The van der Waals surface area contributed by atoms with E-state index in [1.807, 2.05) is 30.1 Å². The van der Waals surface area contributed by atoms with Crippen LogP contribution in [0.4, 0.5) is 0 Å². The van der Waals surface area contributed by atoms with E-state index in [2.05, 4.69) is 26.8 Å². The number of aromatic nitrogens is 3. The molecule has 0 saturated carbocycles. The van der Waals surface area contributed by atoms with Gasteiger partial charge in [-0.15, -0.1) is 0 Å². The van der Waals surface area contributed by atoms with Crippen LogP contribution in [0.2, 0.25) is 0 Å². The van der Waals surface area contributed by atoms with E-state index in [1.54, 1.807) is 11.3 Å². The van der Waals surface area contributed by atoms with Crippen molar-refractivity contribution >= 4 is 11.3 Å². The molecule has 0 bridgehead atoms. The first-order valence-electron chi connectivity index (χ1n) is 8.00. The molecule has 3 aromatic rings. The number of hydrogen-bond donors (Lipinski definition) is 0. The van der Waals surface area contributed by atoms with Crippen LogP contribution >= 0.6 is 11.3 Å². The maximum absolute atomic E-state index is 5.86. The maximum atomic E-state index is 5.86. The zero-order valence-corrected chi connectivity index (χ0v) is 14.0. The van der Waals surface area contributed by atoms with Crippen LogP contribution in [0.5, 0.6) is 0 Å². The first-order valence-corrected chi connectivity index (χ1v) is 8.94. The van der Waals surface area contributed by atoms with E-state index in [4.69, 9.17) is 9.40 Å². The molecule has 5 nitrogen and oxygen atoms in total. The van der Waals surface area contributed by atoms with E-state index in [0.29, 0.717) is 6.04 Å². The van der Waals surface area contributed by atoms with Gasteiger partial charge in [-0.2, -0.15) is 16.4 Å². The predicted octanol–water partition coefficient (Wildman–Crippen LogP) is 3.57. The summed E-state index contributed by atoms with van der Waals surface area (Å²) >= 11 is 1.66. The summed E-state index contributed by atoms with van der Waals surface area (Å²) in [5.41, 5.74) is 2.12. The van der Waals surface area contributed by atoms with Crippen molar-refractivity contribution in [2.75, 3.05) is 6.54 Å². The van der Waals surface area contributed by atoms with Crippen LogP contribution in [-0.2, 0) is 13.1 Å². The molecule has 120 valence electrons. The summed E-state index contributed by atoms with van der Waals surface area (Å²) in [5.74, 6) is 1.66. The molecule has 0 radical (unpaired) electrons. The Morgan fingerprint density at radius 3 is 3.17 bits per heavy atom. The first kappa shape index (κ1) is 14.7. The van der Waals surface area contributed by atoms with Gasteiger partial charge in [0.25, 0.3) is 0 Å². The summed E-state index contributed by atoms with van der Waals surface area (Å²) in [4.78, 5) is 7.23. The summed E-state index contributed by atoms with van der Waals surface area (Å²) in [6.07, 6.45) is 6.33. The molecule has 0 unspecified atom stereocenters. The van der Waals surface area contributed by atoms with Crippen LogP contribution in [0.3, 0.4) is 0 Å². The number of nitrogens with zero attached hydrogens (tertiary/aromatic N) is 4. The Morgan fingerprint density at radius 2 is 2.39 bits per heavy atom. The van der Waals surface area contributed by atoms with Crippen molar-refractivity contribution < 1.29 is 4.42 Å². The number of hydrogen-bond acceptors (Lipinski definition) is 5. The van der Waals surface area contributed by atoms with E-state index in [1.165, 1.54) is 12.8 Å². The Bertz CT molecular complexity index is 748. The van der Waals surface area contributed by atoms with Gasteiger partial charge >= 0.3 is 0 Å². The highest BCUT2D eigenvalue weighted by atomic mass is 32.1.